The summed E-state index contributed by atoms with van der Waals surface area (Å²) in [7, 11) is 0. The van der Waals surface area contributed by atoms with Crippen LogP contribution in [0.4, 0.5) is 0 Å². The van der Waals surface area contributed by atoms with Crippen molar-refractivity contribution in [2.75, 3.05) is 0 Å². The molecule has 2 rings (SSSR count). The van der Waals surface area contributed by atoms with Crippen molar-refractivity contribution >= 4 is 11.8 Å². The van der Waals surface area contributed by atoms with Crippen molar-refractivity contribution < 1.29 is 9.59 Å². The molecule has 0 aromatic carbocycles. The maximum Gasteiger partial charge on any atom is 0.246 e. The Morgan fingerprint density at radius 2 is 1.86 bits per heavy atom. The lowest BCUT2D eigenvalue weighted by Gasteiger charge is -2.44. The first-order valence-electron chi connectivity index (χ1n) is 7.49. The number of hydrogen-bond donors (Lipinski definition) is 1. The van der Waals surface area contributed by atoms with E-state index in [2.05, 4.69) is 10.3 Å². The molecule has 3 unspecified atom stereocenters. The molecule has 5 nitrogen and oxygen atoms in total. The number of piperazine rings is 1. The molecule has 2 amide bonds. The molecule has 1 N–H and O–H groups in total. The van der Waals surface area contributed by atoms with E-state index in [4.69, 9.17) is 0 Å². The van der Waals surface area contributed by atoms with Crippen LogP contribution >= 0.6 is 0 Å². The molecule has 1 aliphatic heterocycles. The minimum Gasteiger partial charge on any atom is -0.343 e. The molecule has 0 saturated carbocycles. The van der Waals surface area contributed by atoms with E-state index in [1.165, 1.54) is 0 Å². The van der Waals surface area contributed by atoms with Gasteiger partial charge in [0.25, 0.3) is 0 Å². The largest absolute Gasteiger partial charge is 0.343 e. The lowest BCUT2D eigenvalue weighted by molar-refractivity contribution is -0.154. The Hall–Kier alpha value is -1.91. The number of carbonyl (C=O) groups is 2. The van der Waals surface area contributed by atoms with Crippen LogP contribution in [0.3, 0.4) is 0 Å². The van der Waals surface area contributed by atoms with Crippen LogP contribution in [0.2, 0.25) is 0 Å². The van der Waals surface area contributed by atoms with Crippen LogP contribution < -0.4 is 5.32 Å². The van der Waals surface area contributed by atoms with Gasteiger partial charge < -0.3 is 10.2 Å². The summed E-state index contributed by atoms with van der Waals surface area (Å²) in [6, 6.07) is 2.79. The second-order valence-corrected chi connectivity index (χ2v) is 5.86. The van der Waals surface area contributed by atoms with Crippen molar-refractivity contribution in [3.8, 4) is 0 Å². The highest BCUT2D eigenvalue weighted by Gasteiger charge is 2.43. The average Bonchev–Trinajstić information content (AvgIpc) is 2.48. The number of nitrogens with one attached hydrogen (secondary N) is 1. The summed E-state index contributed by atoms with van der Waals surface area (Å²) in [6.07, 6.45) is 4.03. The van der Waals surface area contributed by atoms with Gasteiger partial charge in [-0.15, -0.1) is 0 Å². The van der Waals surface area contributed by atoms with E-state index in [9.17, 15) is 9.59 Å². The quantitative estimate of drug-likeness (QED) is 0.921. The summed E-state index contributed by atoms with van der Waals surface area (Å²) >= 11 is 0. The van der Waals surface area contributed by atoms with Crippen LogP contribution in [0, 0.1) is 5.92 Å². The van der Waals surface area contributed by atoms with Crippen LogP contribution in [-0.2, 0) is 9.59 Å². The topological polar surface area (TPSA) is 62.3 Å². The molecule has 0 bridgehead atoms. The van der Waals surface area contributed by atoms with Gasteiger partial charge in [0.1, 0.15) is 12.1 Å². The van der Waals surface area contributed by atoms with E-state index < -0.39 is 12.1 Å². The molecule has 5 heteroatoms. The van der Waals surface area contributed by atoms with Crippen LogP contribution in [0.25, 0.3) is 0 Å². The summed E-state index contributed by atoms with van der Waals surface area (Å²) in [6.45, 7) is 7.81. The van der Waals surface area contributed by atoms with Crippen LogP contribution in [0.1, 0.15) is 45.7 Å². The first-order valence-corrected chi connectivity index (χ1v) is 7.49. The predicted molar refractivity (Wildman–Crippen MR) is 80.3 cm³/mol. The molecule has 1 aromatic rings. The minimum atomic E-state index is -0.427. The van der Waals surface area contributed by atoms with E-state index in [-0.39, 0.29) is 23.8 Å². The highest BCUT2D eigenvalue weighted by molar-refractivity contribution is 5.97. The van der Waals surface area contributed by atoms with Crippen molar-refractivity contribution in [1.29, 1.82) is 0 Å². The fourth-order valence-corrected chi connectivity index (χ4v) is 2.90. The molecule has 2 heterocycles. The number of amides is 2. The van der Waals surface area contributed by atoms with Crippen LogP contribution in [0.5, 0.6) is 0 Å². The molecule has 1 aromatic heterocycles. The van der Waals surface area contributed by atoms with Gasteiger partial charge in [0.2, 0.25) is 11.8 Å². The Morgan fingerprint density at radius 1 is 1.24 bits per heavy atom. The lowest BCUT2D eigenvalue weighted by Crippen LogP contribution is -2.64. The lowest BCUT2D eigenvalue weighted by atomic mass is 9.93. The van der Waals surface area contributed by atoms with Crippen LogP contribution in [-0.4, -0.2) is 33.8 Å². The zero-order valence-corrected chi connectivity index (χ0v) is 13.0. The van der Waals surface area contributed by atoms with Gasteiger partial charge in [-0.3, -0.25) is 14.6 Å². The Bertz CT molecular complexity index is 516. The van der Waals surface area contributed by atoms with Crippen molar-refractivity contribution in [3.63, 3.8) is 0 Å². The van der Waals surface area contributed by atoms with Gasteiger partial charge in [0.15, 0.2) is 0 Å². The fourth-order valence-electron chi connectivity index (χ4n) is 2.90. The summed E-state index contributed by atoms with van der Waals surface area (Å²) in [5, 5.41) is 2.84. The zero-order chi connectivity index (χ0) is 15.6. The van der Waals surface area contributed by atoms with E-state index in [1.807, 2.05) is 39.8 Å². The van der Waals surface area contributed by atoms with Crippen molar-refractivity contribution in [2.24, 2.45) is 5.92 Å². The van der Waals surface area contributed by atoms with Gasteiger partial charge in [-0.2, -0.15) is 0 Å². The van der Waals surface area contributed by atoms with E-state index in [0.29, 0.717) is 6.42 Å². The molecule has 3 atom stereocenters. The van der Waals surface area contributed by atoms with Gasteiger partial charge in [-0.25, -0.2) is 0 Å². The maximum atomic E-state index is 12.7. The number of hydrogen-bond acceptors (Lipinski definition) is 3. The number of carbonyl (C=O) groups excluding carboxylic acids is 2. The molecule has 0 radical (unpaired) electrons. The molecular formula is C16H23N3O2. The van der Waals surface area contributed by atoms with Gasteiger partial charge in [0.05, 0.1) is 6.04 Å². The summed E-state index contributed by atoms with van der Waals surface area (Å²) in [5.74, 6) is 0.00788. The Kier molecular flexibility index (Phi) is 4.60. The highest BCUT2D eigenvalue weighted by Crippen LogP contribution is 2.29. The molecular weight excluding hydrogens is 266 g/mol. The molecule has 1 aliphatic rings. The second-order valence-electron chi connectivity index (χ2n) is 5.86. The number of aromatic nitrogens is 1. The molecule has 0 aliphatic carbocycles. The first kappa shape index (κ1) is 15.5. The van der Waals surface area contributed by atoms with Crippen molar-refractivity contribution in [2.45, 2.75) is 52.2 Å². The number of nitrogens with zero attached hydrogens (tertiary/aromatic N) is 2. The zero-order valence-electron chi connectivity index (χ0n) is 13.0. The van der Waals surface area contributed by atoms with Gasteiger partial charge in [0, 0.05) is 12.4 Å². The number of pyridine rings is 1. The Labute approximate surface area is 125 Å². The third-order valence-corrected chi connectivity index (χ3v) is 4.08. The predicted octanol–water partition coefficient (Wildman–Crippen LogP) is 1.90. The van der Waals surface area contributed by atoms with Gasteiger partial charge >= 0.3 is 0 Å². The SMILES string of the molecule is CCC1NC(=O)C(C(C)C)N(C(C)c2ccncc2)C1=O. The maximum absolute atomic E-state index is 12.7. The average molecular weight is 289 g/mol. The van der Waals surface area contributed by atoms with E-state index in [0.717, 1.165) is 5.56 Å². The first-order chi connectivity index (χ1) is 9.97. The van der Waals surface area contributed by atoms with E-state index in [1.54, 1.807) is 17.3 Å². The smallest absolute Gasteiger partial charge is 0.246 e. The van der Waals surface area contributed by atoms with E-state index >= 15 is 0 Å². The third-order valence-electron chi connectivity index (χ3n) is 4.08. The Balaban J connectivity index is 2.38. The second kappa shape index (κ2) is 6.24. The van der Waals surface area contributed by atoms with Crippen molar-refractivity contribution in [1.82, 2.24) is 15.2 Å². The third kappa shape index (κ3) is 2.91. The van der Waals surface area contributed by atoms with Gasteiger partial charge in [-0.1, -0.05) is 20.8 Å². The molecule has 0 spiro atoms. The van der Waals surface area contributed by atoms with Crippen molar-refractivity contribution in [3.05, 3.63) is 30.1 Å². The molecule has 1 fully saturated rings. The molecule has 21 heavy (non-hydrogen) atoms. The van der Waals surface area contributed by atoms with Crippen LogP contribution in [0.15, 0.2) is 24.5 Å². The molecule has 114 valence electrons. The summed E-state index contributed by atoms with van der Waals surface area (Å²) in [5.41, 5.74) is 0.994. The van der Waals surface area contributed by atoms with Gasteiger partial charge in [-0.05, 0) is 37.0 Å². The summed E-state index contributed by atoms with van der Waals surface area (Å²) in [4.78, 5) is 30.9. The molecule has 1 saturated heterocycles. The highest BCUT2D eigenvalue weighted by atomic mass is 16.2. The fraction of sp³-hybridized carbons (Fsp3) is 0.562. The minimum absolute atomic E-state index is 0.000104. The standard InChI is InChI=1S/C16H23N3O2/c1-5-13-16(21)19(14(10(2)3)15(20)18-13)11(4)12-6-8-17-9-7-12/h6-11,13-14H,5H2,1-4H3,(H,18,20). The normalized spacial score (nSPS) is 24.1. The summed E-state index contributed by atoms with van der Waals surface area (Å²) < 4.78 is 0. The number of rotatable bonds is 4. The Morgan fingerprint density at radius 3 is 2.38 bits per heavy atom. The monoisotopic (exact) mass is 289 g/mol.